The van der Waals surface area contributed by atoms with E-state index in [0.29, 0.717) is 19.0 Å². The highest BCUT2D eigenvalue weighted by Crippen LogP contribution is 2.35. The van der Waals surface area contributed by atoms with Crippen LogP contribution >= 0.6 is 0 Å². The van der Waals surface area contributed by atoms with Crippen LogP contribution < -0.4 is 10.6 Å². The summed E-state index contributed by atoms with van der Waals surface area (Å²) in [6, 6.07) is -0.176. The number of aliphatic hydroxyl groups excluding tert-OH is 1. The SMILES string of the molecule is CCCC(O)CNC(=O)NCC1(N(C)C)CCCC(C)C1. The molecule has 1 fully saturated rings. The lowest BCUT2D eigenvalue weighted by atomic mass is 9.75. The van der Waals surface area contributed by atoms with E-state index in [2.05, 4.69) is 36.6 Å². The highest BCUT2D eigenvalue weighted by Gasteiger charge is 2.37. The van der Waals surface area contributed by atoms with Crippen LogP contribution in [0.4, 0.5) is 4.79 Å². The number of carbonyl (C=O) groups excluding carboxylic acids is 1. The van der Waals surface area contributed by atoms with Crippen LogP contribution in [0.5, 0.6) is 0 Å². The summed E-state index contributed by atoms with van der Waals surface area (Å²) < 4.78 is 0. The molecule has 0 radical (unpaired) electrons. The van der Waals surface area contributed by atoms with E-state index >= 15 is 0 Å². The molecule has 1 saturated carbocycles. The molecule has 0 bridgehead atoms. The summed E-state index contributed by atoms with van der Waals surface area (Å²) in [4.78, 5) is 14.1. The van der Waals surface area contributed by atoms with Crippen LogP contribution in [0.2, 0.25) is 0 Å². The zero-order chi connectivity index (χ0) is 15.9. The summed E-state index contributed by atoms with van der Waals surface area (Å²) >= 11 is 0. The van der Waals surface area contributed by atoms with Crippen molar-refractivity contribution in [2.45, 2.75) is 64.0 Å². The van der Waals surface area contributed by atoms with Crippen molar-refractivity contribution >= 4 is 6.03 Å². The maximum Gasteiger partial charge on any atom is 0.314 e. The first-order chi connectivity index (χ1) is 9.89. The van der Waals surface area contributed by atoms with Crippen molar-refractivity contribution in [1.82, 2.24) is 15.5 Å². The van der Waals surface area contributed by atoms with Crippen molar-refractivity contribution < 1.29 is 9.90 Å². The molecule has 0 aromatic carbocycles. The van der Waals surface area contributed by atoms with Gasteiger partial charge in [-0.1, -0.05) is 33.1 Å². The molecule has 5 heteroatoms. The van der Waals surface area contributed by atoms with Crippen LogP contribution in [-0.2, 0) is 0 Å². The third-order valence-electron chi connectivity index (χ3n) is 4.71. The summed E-state index contributed by atoms with van der Waals surface area (Å²) in [7, 11) is 4.20. The molecule has 0 aromatic rings. The maximum atomic E-state index is 11.9. The van der Waals surface area contributed by atoms with E-state index < -0.39 is 6.10 Å². The maximum absolute atomic E-state index is 11.9. The Hall–Kier alpha value is -0.810. The number of rotatable bonds is 7. The quantitative estimate of drug-likeness (QED) is 0.673. The fraction of sp³-hybridized carbons (Fsp3) is 0.938. The lowest BCUT2D eigenvalue weighted by Gasteiger charge is -2.45. The standard InChI is InChI=1S/C16H33N3O2/c1-5-7-14(20)11-17-15(21)18-12-16(19(3)4)9-6-8-13(2)10-16/h13-14,20H,5-12H2,1-4H3,(H2,17,18,21). The second kappa shape index (κ2) is 8.59. The Bertz CT molecular complexity index is 323. The molecule has 3 unspecified atom stereocenters. The molecule has 1 aliphatic carbocycles. The average molecular weight is 299 g/mol. The molecule has 0 aliphatic heterocycles. The van der Waals surface area contributed by atoms with Crippen LogP contribution in [-0.4, -0.2) is 54.9 Å². The van der Waals surface area contributed by atoms with Crippen molar-refractivity contribution in [2.75, 3.05) is 27.2 Å². The Morgan fingerprint density at radius 1 is 1.43 bits per heavy atom. The van der Waals surface area contributed by atoms with Gasteiger partial charge in [-0.3, -0.25) is 0 Å². The number of amides is 2. The van der Waals surface area contributed by atoms with E-state index in [1.807, 2.05) is 6.92 Å². The number of nitrogens with one attached hydrogen (secondary N) is 2. The summed E-state index contributed by atoms with van der Waals surface area (Å²) in [5.41, 5.74) is 0.0665. The first-order valence-electron chi connectivity index (χ1n) is 8.27. The van der Waals surface area contributed by atoms with Crippen molar-refractivity contribution in [2.24, 2.45) is 5.92 Å². The second-order valence-electron chi connectivity index (χ2n) is 6.83. The minimum absolute atomic E-state index is 0.0665. The van der Waals surface area contributed by atoms with Crippen molar-refractivity contribution in [3.05, 3.63) is 0 Å². The summed E-state index contributed by atoms with van der Waals surface area (Å²) in [6.07, 6.45) is 5.95. The molecular weight excluding hydrogens is 266 g/mol. The first kappa shape index (κ1) is 18.2. The van der Waals surface area contributed by atoms with Crippen LogP contribution in [0.15, 0.2) is 0 Å². The first-order valence-corrected chi connectivity index (χ1v) is 8.27. The molecule has 5 nitrogen and oxygen atoms in total. The topological polar surface area (TPSA) is 64.6 Å². The van der Waals surface area contributed by atoms with E-state index in [0.717, 1.165) is 25.7 Å². The van der Waals surface area contributed by atoms with Gasteiger partial charge in [-0.25, -0.2) is 4.79 Å². The van der Waals surface area contributed by atoms with E-state index in [-0.39, 0.29) is 11.6 Å². The fourth-order valence-electron chi connectivity index (χ4n) is 3.31. The molecule has 1 rings (SSSR count). The molecule has 124 valence electrons. The number of nitrogens with zero attached hydrogens (tertiary/aromatic N) is 1. The van der Waals surface area contributed by atoms with Crippen LogP contribution in [0.25, 0.3) is 0 Å². The fourth-order valence-corrected chi connectivity index (χ4v) is 3.31. The minimum atomic E-state index is -0.446. The van der Waals surface area contributed by atoms with Gasteiger partial charge in [0.05, 0.1) is 6.10 Å². The van der Waals surface area contributed by atoms with Gasteiger partial charge in [0, 0.05) is 18.6 Å². The van der Waals surface area contributed by atoms with Crippen molar-refractivity contribution in [3.63, 3.8) is 0 Å². The van der Waals surface area contributed by atoms with Gasteiger partial charge in [0.2, 0.25) is 0 Å². The van der Waals surface area contributed by atoms with E-state index in [9.17, 15) is 9.90 Å². The summed E-state index contributed by atoms with van der Waals surface area (Å²) in [6.45, 7) is 5.30. The number of likely N-dealkylation sites (N-methyl/N-ethyl adjacent to an activating group) is 1. The van der Waals surface area contributed by atoms with E-state index in [4.69, 9.17) is 0 Å². The number of hydrogen-bond donors (Lipinski definition) is 3. The van der Waals surface area contributed by atoms with Gasteiger partial charge >= 0.3 is 6.03 Å². The highest BCUT2D eigenvalue weighted by atomic mass is 16.3. The van der Waals surface area contributed by atoms with Gasteiger partial charge in [0.25, 0.3) is 0 Å². The van der Waals surface area contributed by atoms with Gasteiger partial charge in [-0.2, -0.15) is 0 Å². The monoisotopic (exact) mass is 299 g/mol. The molecule has 0 heterocycles. The number of hydrogen-bond acceptors (Lipinski definition) is 3. The Labute approximate surface area is 129 Å². The average Bonchev–Trinajstić information content (AvgIpc) is 2.43. The van der Waals surface area contributed by atoms with Crippen molar-refractivity contribution in [3.8, 4) is 0 Å². The molecule has 2 amide bonds. The van der Waals surface area contributed by atoms with Gasteiger partial charge in [-0.15, -0.1) is 0 Å². The Kier molecular flexibility index (Phi) is 7.46. The van der Waals surface area contributed by atoms with Crippen LogP contribution in [0.3, 0.4) is 0 Å². The van der Waals surface area contributed by atoms with Gasteiger partial charge in [0.15, 0.2) is 0 Å². The Morgan fingerprint density at radius 3 is 2.71 bits per heavy atom. The van der Waals surface area contributed by atoms with Gasteiger partial charge in [-0.05, 0) is 39.3 Å². The number of aliphatic hydroxyl groups is 1. The highest BCUT2D eigenvalue weighted by molar-refractivity contribution is 5.73. The predicted octanol–water partition coefficient (Wildman–Crippen LogP) is 1.96. The van der Waals surface area contributed by atoms with Crippen LogP contribution in [0.1, 0.15) is 52.4 Å². The summed E-state index contributed by atoms with van der Waals surface area (Å²) in [5, 5.41) is 15.4. The van der Waals surface area contributed by atoms with Gasteiger partial charge in [0.1, 0.15) is 0 Å². The zero-order valence-electron chi connectivity index (χ0n) is 14.1. The Morgan fingerprint density at radius 2 is 2.14 bits per heavy atom. The molecule has 21 heavy (non-hydrogen) atoms. The van der Waals surface area contributed by atoms with E-state index in [1.54, 1.807) is 0 Å². The molecule has 0 aromatic heterocycles. The molecule has 3 atom stereocenters. The predicted molar refractivity (Wildman–Crippen MR) is 86.4 cm³/mol. The smallest absolute Gasteiger partial charge is 0.314 e. The normalized spacial score (nSPS) is 27.4. The third-order valence-corrected chi connectivity index (χ3v) is 4.71. The third kappa shape index (κ3) is 5.83. The minimum Gasteiger partial charge on any atom is -0.391 e. The number of carbonyl (C=O) groups is 1. The van der Waals surface area contributed by atoms with E-state index in [1.165, 1.54) is 12.8 Å². The Balaban J connectivity index is 2.41. The summed E-state index contributed by atoms with van der Waals surface area (Å²) in [5.74, 6) is 0.706. The molecule has 3 N–H and O–H groups in total. The second-order valence-corrected chi connectivity index (χ2v) is 6.83. The lowest BCUT2D eigenvalue weighted by molar-refractivity contribution is 0.0770. The lowest BCUT2D eigenvalue weighted by Crippen LogP contribution is -2.56. The van der Waals surface area contributed by atoms with Gasteiger partial charge < -0.3 is 20.6 Å². The largest absolute Gasteiger partial charge is 0.391 e. The molecular formula is C16H33N3O2. The zero-order valence-corrected chi connectivity index (χ0v) is 14.1. The van der Waals surface area contributed by atoms with Crippen LogP contribution in [0, 0.1) is 5.92 Å². The molecule has 0 saturated heterocycles. The molecule has 1 aliphatic rings. The van der Waals surface area contributed by atoms with Crippen molar-refractivity contribution in [1.29, 1.82) is 0 Å². The molecule has 0 spiro atoms. The number of urea groups is 1.